The van der Waals surface area contributed by atoms with Gasteiger partial charge in [0.05, 0.1) is 17.6 Å². The molecular weight excluding hydrogens is 370 g/mol. The summed E-state index contributed by atoms with van der Waals surface area (Å²) < 4.78 is 2.19. The molecular formula is C25H29N5. The molecule has 2 fully saturated rings. The second kappa shape index (κ2) is 8.07. The van der Waals surface area contributed by atoms with Crippen LogP contribution < -0.4 is 5.32 Å². The molecule has 5 rings (SSSR count). The monoisotopic (exact) mass is 399 g/mol. The lowest BCUT2D eigenvalue weighted by Gasteiger charge is -2.37. The fourth-order valence-corrected chi connectivity index (χ4v) is 4.91. The highest BCUT2D eigenvalue weighted by molar-refractivity contribution is 5.89. The van der Waals surface area contributed by atoms with Crippen LogP contribution in [0.2, 0.25) is 0 Å². The van der Waals surface area contributed by atoms with Crippen molar-refractivity contribution in [2.45, 2.75) is 32.4 Å². The normalized spacial score (nSPS) is 21.4. The topological polar surface area (TPSA) is 45.5 Å². The lowest BCUT2D eigenvalue weighted by atomic mass is 9.92. The van der Waals surface area contributed by atoms with E-state index in [1.165, 1.54) is 12.8 Å². The van der Waals surface area contributed by atoms with E-state index in [-0.39, 0.29) is 0 Å². The molecule has 2 aliphatic heterocycles. The molecule has 2 aliphatic rings. The van der Waals surface area contributed by atoms with Gasteiger partial charge in [0.2, 0.25) is 0 Å². The molecule has 1 aromatic carbocycles. The highest BCUT2D eigenvalue weighted by Crippen LogP contribution is 2.30. The fraction of sp³-hybridized carbons (Fsp3) is 0.360. The second-order valence-electron chi connectivity index (χ2n) is 8.33. The summed E-state index contributed by atoms with van der Waals surface area (Å²) in [4.78, 5) is 11.7. The van der Waals surface area contributed by atoms with Crippen molar-refractivity contribution >= 4 is 28.6 Å². The number of nitrogens with one attached hydrogen (secondary N) is 1. The van der Waals surface area contributed by atoms with Crippen molar-refractivity contribution < 1.29 is 0 Å². The number of rotatable bonds is 5. The predicted octanol–water partition coefficient (Wildman–Crippen LogP) is 4.46. The third-order valence-electron chi connectivity index (χ3n) is 6.59. The minimum Gasteiger partial charge on any atom is -0.370 e. The van der Waals surface area contributed by atoms with Crippen LogP contribution in [-0.2, 0) is 6.54 Å². The van der Waals surface area contributed by atoms with Gasteiger partial charge in [0.1, 0.15) is 5.65 Å². The number of benzene rings is 1. The molecule has 2 saturated heterocycles. The Kier molecular flexibility index (Phi) is 5.13. The van der Waals surface area contributed by atoms with Crippen molar-refractivity contribution in [3.63, 3.8) is 0 Å². The van der Waals surface area contributed by atoms with Crippen LogP contribution in [0.5, 0.6) is 0 Å². The van der Waals surface area contributed by atoms with Crippen molar-refractivity contribution in [1.82, 2.24) is 19.8 Å². The average Bonchev–Trinajstić information content (AvgIpc) is 3.40. The average molecular weight is 400 g/mol. The summed E-state index contributed by atoms with van der Waals surface area (Å²) in [6.45, 7) is 10.7. The molecule has 30 heavy (non-hydrogen) atoms. The minimum absolute atomic E-state index is 0.612. The Morgan fingerprint density at radius 1 is 1.27 bits per heavy atom. The number of fused-ring (bicyclic) bond motifs is 2. The largest absolute Gasteiger partial charge is 0.370 e. The van der Waals surface area contributed by atoms with Crippen LogP contribution in [0, 0.1) is 5.92 Å². The smallest absolute Gasteiger partial charge is 0.140 e. The molecule has 0 spiro atoms. The first-order chi connectivity index (χ1) is 14.7. The van der Waals surface area contributed by atoms with Gasteiger partial charge in [-0.2, -0.15) is 0 Å². The van der Waals surface area contributed by atoms with Crippen LogP contribution >= 0.6 is 0 Å². The Morgan fingerprint density at radius 2 is 2.20 bits per heavy atom. The van der Waals surface area contributed by atoms with Crippen molar-refractivity contribution in [1.29, 1.82) is 0 Å². The van der Waals surface area contributed by atoms with E-state index in [4.69, 9.17) is 4.99 Å². The number of aliphatic imine (C=N–C) groups is 1. The number of aromatic nitrogens is 2. The van der Waals surface area contributed by atoms with Crippen LogP contribution in [0.25, 0.3) is 16.7 Å². The van der Waals surface area contributed by atoms with Crippen LogP contribution in [0.4, 0.5) is 5.69 Å². The molecule has 2 atom stereocenters. The van der Waals surface area contributed by atoms with Crippen molar-refractivity contribution in [3.8, 4) is 0 Å². The van der Waals surface area contributed by atoms with E-state index >= 15 is 0 Å². The van der Waals surface area contributed by atoms with Gasteiger partial charge < -0.3 is 14.8 Å². The first-order valence-electron chi connectivity index (χ1n) is 11.0. The van der Waals surface area contributed by atoms with E-state index < -0.39 is 0 Å². The number of hydrogen-bond donors (Lipinski definition) is 1. The number of piperidine rings is 1. The van der Waals surface area contributed by atoms with Crippen molar-refractivity contribution in [2.24, 2.45) is 10.9 Å². The molecule has 0 bridgehead atoms. The fourth-order valence-electron chi connectivity index (χ4n) is 4.91. The van der Waals surface area contributed by atoms with E-state index in [0.29, 0.717) is 6.04 Å². The lowest BCUT2D eigenvalue weighted by molar-refractivity contribution is 0.231. The van der Waals surface area contributed by atoms with E-state index in [2.05, 4.69) is 69.7 Å². The summed E-state index contributed by atoms with van der Waals surface area (Å²) in [6.07, 6.45) is 6.36. The van der Waals surface area contributed by atoms with Gasteiger partial charge in [0.25, 0.3) is 0 Å². The van der Waals surface area contributed by atoms with Gasteiger partial charge in [-0.3, -0.25) is 4.99 Å². The Hall–Kier alpha value is -2.92. The van der Waals surface area contributed by atoms with E-state index in [9.17, 15) is 0 Å². The van der Waals surface area contributed by atoms with Gasteiger partial charge in [-0.25, -0.2) is 4.98 Å². The molecule has 0 unspecified atom stereocenters. The molecule has 0 amide bonds. The summed E-state index contributed by atoms with van der Waals surface area (Å²) in [5, 5.41) is 4.80. The number of hydrogen-bond acceptors (Lipinski definition) is 4. The molecule has 0 aliphatic carbocycles. The second-order valence-corrected chi connectivity index (χ2v) is 8.33. The Bertz CT molecular complexity index is 1100. The minimum atomic E-state index is 0.612. The van der Waals surface area contributed by atoms with E-state index in [1.54, 1.807) is 0 Å². The molecule has 4 heterocycles. The number of likely N-dealkylation sites (tertiary alicyclic amines) is 1. The summed E-state index contributed by atoms with van der Waals surface area (Å²) in [7, 11) is 0. The van der Waals surface area contributed by atoms with Gasteiger partial charge in [-0.15, -0.1) is 0 Å². The SMILES string of the molecule is C=C(c1cccc(/N=C/c2cc3cccnc3n2CC)c1)N1CC[C@@H]2CCN[C@@H]2C1. The molecule has 1 N–H and O–H groups in total. The summed E-state index contributed by atoms with van der Waals surface area (Å²) >= 11 is 0. The quantitative estimate of drug-likeness (QED) is 0.644. The lowest BCUT2D eigenvalue weighted by Crippen LogP contribution is -2.45. The van der Waals surface area contributed by atoms with Gasteiger partial charge in [0, 0.05) is 43.0 Å². The zero-order valence-electron chi connectivity index (χ0n) is 17.6. The Labute approximate surface area is 178 Å². The maximum absolute atomic E-state index is 4.78. The van der Waals surface area contributed by atoms with Crippen LogP contribution in [0.3, 0.4) is 0 Å². The Morgan fingerprint density at radius 3 is 3.10 bits per heavy atom. The Balaban J connectivity index is 1.36. The van der Waals surface area contributed by atoms with Gasteiger partial charge in [0.15, 0.2) is 0 Å². The first kappa shape index (κ1) is 19.1. The zero-order chi connectivity index (χ0) is 20.5. The van der Waals surface area contributed by atoms with Crippen LogP contribution in [0.15, 0.2) is 60.2 Å². The standard InChI is InChI=1S/C25H29N5/c1-3-30-23(15-21-7-5-11-27-25(21)30)16-28-22-8-4-6-20(14-22)18(2)29-13-10-19-9-12-26-24(19)17-29/h4-8,11,14-16,19,24,26H,2-3,9-10,12-13,17H2,1H3/b28-16+/t19-,24+/m0/s1. The zero-order valence-corrected chi connectivity index (χ0v) is 17.6. The number of nitrogens with zero attached hydrogens (tertiary/aromatic N) is 4. The first-order valence-corrected chi connectivity index (χ1v) is 11.0. The highest BCUT2D eigenvalue weighted by atomic mass is 15.2. The van der Waals surface area contributed by atoms with Gasteiger partial charge in [-0.1, -0.05) is 18.7 Å². The summed E-state index contributed by atoms with van der Waals surface area (Å²) in [5.41, 5.74) is 5.28. The van der Waals surface area contributed by atoms with Gasteiger partial charge >= 0.3 is 0 Å². The van der Waals surface area contributed by atoms with Crippen molar-refractivity contribution in [3.05, 3.63) is 66.5 Å². The highest BCUT2D eigenvalue weighted by Gasteiger charge is 2.33. The molecule has 5 heteroatoms. The molecule has 0 saturated carbocycles. The van der Waals surface area contributed by atoms with Crippen LogP contribution in [0.1, 0.15) is 31.0 Å². The maximum Gasteiger partial charge on any atom is 0.140 e. The molecule has 2 aromatic heterocycles. The molecule has 154 valence electrons. The van der Waals surface area contributed by atoms with Crippen molar-refractivity contribution in [2.75, 3.05) is 19.6 Å². The summed E-state index contributed by atoms with van der Waals surface area (Å²) in [6, 6.07) is 15.2. The van der Waals surface area contributed by atoms with Crippen LogP contribution in [-0.4, -0.2) is 46.3 Å². The molecule has 3 aromatic rings. The number of aryl methyl sites for hydroxylation is 1. The van der Waals surface area contributed by atoms with E-state index in [1.807, 2.05) is 18.5 Å². The third-order valence-corrected chi connectivity index (χ3v) is 6.59. The van der Waals surface area contributed by atoms with Gasteiger partial charge in [-0.05, 0) is 68.1 Å². The predicted molar refractivity (Wildman–Crippen MR) is 124 cm³/mol. The molecule has 0 radical (unpaired) electrons. The number of pyridine rings is 1. The summed E-state index contributed by atoms with van der Waals surface area (Å²) in [5.74, 6) is 0.838. The molecule has 5 nitrogen and oxygen atoms in total. The maximum atomic E-state index is 4.78. The van der Waals surface area contributed by atoms with E-state index in [0.717, 1.165) is 65.8 Å². The third kappa shape index (κ3) is 3.54.